The van der Waals surface area contributed by atoms with Crippen LogP contribution >= 0.6 is 0 Å². The normalized spacial score (nSPS) is 18.6. The number of fused-ring (bicyclic) bond motifs is 2. The molecule has 4 rings (SSSR count). The molecule has 8 heteroatoms. The predicted octanol–water partition coefficient (Wildman–Crippen LogP) is 2.83. The summed E-state index contributed by atoms with van der Waals surface area (Å²) in [5.41, 5.74) is 2.75. The molecule has 0 saturated heterocycles. The highest BCUT2D eigenvalue weighted by Crippen LogP contribution is 2.42. The van der Waals surface area contributed by atoms with Crippen molar-refractivity contribution in [2.75, 3.05) is 13.1 Å². The van der Waals surface area contributed by atoms with E-state index < -0.39 is 10.0 Å². The Morgan fingerprint density at radius 3 is 2.67 bits per heavy atom. The Bertz CT molecular complexity index is 1080. The van der Waals surface area contributed by atoms with Gasteiger partial charge >= 0.3 is 6.03 Å². The van der Waals surface area contributed by atoms with Crippen LogP contribution in [0.2, 0.25) is 0 Å². The van der Waals surface area contributed by atoms with Crippen molar-refractivity contribution in [3.8, 4) is 0 Å². The number of pyridine rings is 1. The molecule has 0 spiro atoms. The molecule has 1 saturated carbocycles. The first-order chi connectivity index (χ1) is 14.3. The number of nitrogens with zero attached hydrogens (tertiary/aromatic N) is 1. The van der Waals surface area contributed by atoms with E-state index >= 15 is 0 Å². The zero-order valence-corrected chi connectivity index (χ0v) is 18.6. The van der Waals surface area contributed by atoms with E-state index in [1.54, 1.807) is 6.20 Å². The molecule has 2 aromatic rings. The molecule has 0 aliphatic heterocycles. The van der Waals surface area contributed by atoms with Gasteiger partial charge in [-0.15, -0.1) is 0 Å². The van der Waals surface area contributed by atoms with E-state index in [0.717, 1.165) is 40.4 Å². The Morgan fingerprint density at radius 1 is 1.23 bits per heavy atom. The molecule has 1 heterocycles. The zero-order chi connectivity index (χ0) is 21.5. The Hall–Kier alpha value is -2.19. The number of benzene rings is 1. The van der Waals surface area contributed by atoms with Crippen molar-refractivity contribution in [1.82, 2.24) is 20.3 Å². The number of hydrogen-bond donors (Lipinski definition) is 3. The summed E-state index contributed by atoms with van der Waals surface area (Å²) in [5.74, 6) is 0.646. The number of urea groups is 1. The number of carbonyl (C=O) groups excluding carboxylic acids is 1. The van der Waals surface area contributed by atoms with Gasteiger partial charge in [0.2, 0.25) is 10.0 Å². The van der Waals surface area contributed by atoms with Gasteiger partial charge in [-0.05, 0) is 61.8 Å². The number of sulfonamides is 1. The van der Waals surface area contributed by atoms with Crippen LogP contribution in [0.15, 0.2) is 23.2 Å². The van der Waals surface area contributed by atoms with E-state index in [1.807, 2.05) is 32.9 Å². The number of rotatable bonds is 7. The van der Waals surface area contributed by atoms with E-state index in [-0.39, 0.29) is 18.0 Å². The molecule has 7 nitrogen and oxygen atoms in total. The average molecular weight is 431 g/mol. The third kappa shape index (κ3) is 4.30. The van der Waals surface area contributed by atoms with Crippen LogP contribution < -0.4 is 15.4 Å². The second-order valence-electron chi connectivity index (χ2n) is 8.80. The quantitative estimate of drug-likeness (QED) is 0.629. The molecule has 1 aromatic heterocycles. The lowest BCUT2D eigenvalue weighted by molar-refractivity contribution is 0.238. The third-order valence-electron chi connectivity index (χ3n) is 5.73. The van der Waals surface area contributed by atoms with Gasteiger partial charge in [0.25, 0.3) is 0 Å². The fourth-order valence-corrected chi connectivity index (χ4v) is 5.83. The summed E-state index contributed by atoms with van der Waals surface area (Å²) in [6.45, 7) is 6.76. The zero-order valence-electron chi connectivity index (χ0n) is 17.8. The van der Waals surface area contributed by atoms with Gasteiger partial charge in [-0.3, -0.25) is 4.98 Å². The number of aromatic nitrogens is 1. The molecule has 0 radical (unpaired) electrons. The van der Waals surface area contributed by atoms with E-state index in [1.165, 1.54) is 0 Å². The average Bonchev–Trinajstić information content (AvgIpc) is 3.45. The second-order valence-corrected chi connectivity index (χ2v) is 10.5. The number of hydrogen-bond acceptors (Lipinski definition) is 4. The van der Waals surface area contributed by atoms with Crippen LogP contribution in [0.25, 0.3) is 10.8 Å². The highest BCUT2D eigenvalue weighted by atomic mass is 32.2. The van der Waals surface area contributed by atoms with Crippen molar-refractivity contribution < 1.29 is 13.2 Å². The molecule has 1 aromatic carbocycles. The van der Waals surface area contributed by atoms with Crippen LogP contribution in [0.1, 0.15) is 56.4 Å². The summed E-state index contributed by atoms with van der Waals surface area (Å²) >= 11 is 0. The van der Waals surface area contributed by atoms with Gasteiger partial charge in [0.15, 0.2) is 0 Å². The third-order valence-corrected chi connectivity index (χ3v) is 7.28. The van der Waals surface area contributed by atoms with Gasteiger partial charge in [-0.25, -0.2) is 17.9 Å². The van der Waals surface area contributed by atoms with Crippen LogP contribution in [-0.2, 0) is 22.9 Å². The lowest BCUT2D eigenvalue weighted by Gasteiger charge is -2.16. The first-order valence-corrected chi connectivity index (χ1v) is 12.2. The van der Waals surface area contributed by atoms with Crippen molar-refractivity contribution in [3.05, 3.63) is 35.2 Å². The van der Waals surface area contributed by atoms with E-state index in [0.29, 0.717) is 36.7 Å². The van der Waals surface area contributed by atoms with Crippen LogP contribution in [-0.4, -0.2) is 38.6 Å². The fourth-order valence-electron chi connectivity index (χ4n) is 4.12. The minimum atomic E-state index is -3.70. The standard InChI is InChI=1S/C22H30N4O3S/c1-4-23-22(27)26-17-8-15-7-16-12-24-20(14-5-6-14)10-19(16)21(18(15)9-17)30(28,29)25-11-13(2)3/h7,10,12-14,17,25H,4-6,8-9,11H2,1-3H3,(H2,23,26,27). The van der Waals surface area contributed by atoms with Crippen LogP contribution in [0.5, 0.6) is 0 Å². The van der Waals surface area contributed by atoms with Gasteiger partial charge in [0, 0.05) is 47.7 Å². The first kappa shape index (κ1) is 21.1. The fraction of sp³-hybridized carbons (Fsp3) is 0.545. The molecule has 3 N–H and O–H groups in total. The van der Waals surface area contributed by atoms with Gasteiger partial charge in [-0.2, -0.15) is 0 Å². The first-order valence-electron chi connectivity index (χ1n) is 10.8. The summed E-state index contributed by atoms with van der Waals surface area (Å²) < 4.78 is 29.6. The second kappa shape index (κ2) is 8.15. The summed E-state index contributed by atoms with van der Waals surface area (Å²) in [7, 11) is -3.70. The highest BCUT2D eigenvalue weighted by molar-refractivity contribution is 7.89. The Labute approximate surface area is 178 Å². The maximum Gasteiger partial charge on any atom is 0.315 e. The van der Waals surface area contributed by atoms with Gasteiger partial charge in [-0.1, -0.05) is 13.8 Å². The maximum atomic E-state index is 13.4. The van der Waals surface area contributed by atoms with Gasteiger partial charge in [0.1, 0.15) is 0 Å². The van der Waals surface area contributed by atoms with Crippen molar-refractivity contribution in [2.24, 2.45) is 5.92 Å². The van der Waals surface area contributed by atoms with Crippen molar-refractivity contribution in [1.29, 1.82) is 0 Å². The molecule has 2 aliphatic carbocycles. The maximum absolute atomic E-state index is 13.4. The topological polar surface area (TPSA) is 100 Å². The molecule has 2 aliphatic rings. The largest absolute Gasteiger partial charge is 0.338 e. The summed E-state index contributed by atoms with van der Waals surface area (Å²) in [6.07, 6.45) is 5.13. The van der Waals surface area contributed by atoms with E-state index in [2.05, 4.69) is 20.3 Å². The lowest BCUT2D eigenvalue weighted by atomic mass is 10.0. The number of amides is 2. The van der Waals surface area contributed by atoms with Gasteiger partial charge < -0.3 is 10.6 Å². The molecule has 1 atom stereocenters. The van der Waals surface area contributed by atoms with Crippen LogP contribution in [0.3, 0.4) is 0 Å². The molecule has 1 unspecified atom stereocenters. The molecular weight excluding hydrogens is 400 g/mol. The molecule has 0 bridgehead atoms. The SMILES string of the molecule is CCNC(=O)NC1Cc2cc3cnc(C4CC4)cc3c(S(=O)(=O)NCC(C)C)c2C1. The van der Waals surface area contributed by atoms with Crippen molar-refractivity contribution >= 4 is 26.8 Å². The molecule has 2 amide bonds. The minimum Gasteiger partial charge on any atom is -0.338 e. The predicted molar refractivity (Wildman–Crippen MR) is 117 cm³/mol. The monoisotopic (exact) mass is 430 g/mol. The molecular formula is C22H30N4O3S. The van der Waals surface area contributed by atoms with Crippen LogP contribution in [0.4, 0.5) is 4.79 Å². The van der Waals surface area contributed by atoms with Gasteiger partial charge in [0.05, 0.1) is 4.90 Å². The Morgan fingerprint density at radius 2 is 2.00 bits per heavy atom. The van der Waals surface area contributed by atoms with Crippen molar-refractivity contribution in [2.45, 2.75) is 63.3 Å². The van der Waals surface area contributed by atoms with E-state index in [4.69, 9.17) is 0 Å². The highest BCUT2D eigenvalue weighted by Gasteiger charge is 2.33. The van der Waals surface area contributed by atoms with Crippen molar-refractivity contribution in [3.63, 3.8) is 0 Å². The summed E-state index contributed by atoms with van der Waals surface area (Å²) in [5, 5.41) is 7.29. The minimum absolute atomic E-state index is 0.127. The van der Waals surface area contributed by atoms with Crippen LogP contribution in [0, 0.1) is 5.92 Å². The smallest absolute Gasteiger partial charge is 0.315 e. The lowest BCUT2D eigenvalue weighted by Crippen LogP contribution is -2.42. The molecule has 30 heavy (non-hydrogen) atoms. The Kier molecular flexibility index (Phi) is 5.72. The molecule has 1 fully saturated rings. The summed E-state index contributed by atoms with van der Waals surface area (Å²) in [4.78, 5) is 17.0. The number of nitrogens with one attached hydrogen (secondary N) is 3. The molecule has 162 valence electrons. The summed E-state index contributed by atoms with van der Waals surface area (Å²) in [6, 6.07) is 3.65. The number of carbonyl (C=O) groups is 1. The Balaban J connectivity index is 1.78. The van der Waals surface area contributed by atoms with E-state index in [9.17, 15) is 13.2 Å².